The number of carboxylic acids is 1. The molecule has 15 heteroatoms. The summed E-state index contributed by atoms with van der Waals surface area (Å²) in [5, 5.41) is 21.2. The van der Waals surface area contributed by atoms with Crippen molar-refractivity contribution in [3.05, 3.63) is 72.2 Å². The molecule has 208 valence electrons. The molecule has 3 heterocycles. The molecule has 0 fully saturated rings. The zero-order chi connectivity index (χ0) is 29.6. The summed E-state index contributed by atoms with van der Waals surface area (Å²) < 4.78 is 10.9. The molecule has 0 bridgehead atoms. The summed E-state index contributed by atoms with van der Waals surface area (Å²) in [4.78, 5) is 39.1. The van der Waals surface area contributed by atoms with Crippen molar-refractivity contribution in [2.24, 2.45) is 5.84 Å². The summed E-state index contributed by atoms with van der Waals surface area (Å²) in [5.41, 5.74) is 8.37. The molecule has 0 amide bonds. The number of hydrogen-bond donors (Lipinski definition) is 3. The SMILES string of the molecule is C/C=C(\C#N)C(=O)OCC.CC(=O)[O-].CCOC(=O)c1cn(-c2ccccn2)nc1N.NNc1ccccn1.[Na+]. The second kappa shape index (κ2) is 22.7. The van der Waals surface area contributed by atoms with E-state index >= 15 is 0 Å². The smallest absolute Gasteiger partial charge is 0.550 e. The zero-order valence-electron chi connectivity index (χ0n) is 23.0. The van der Waals surface area contributed by atoms with E-state index in [0.717, 1.165) is 6.92 Å². The number of ether oxygens (including phenoxy) is 2. The second-order valence-electron chi connectivity index (χ2n) is 6.67. The van der Waals surface area contributed by atoms with Crippen LogP contribution >= 0.6 is 0 Å². The van der Waals surface area contributed by atoms with Gasteiger partial charge in [0.25, 0.3) is 0 Å². The number of allylic oxidation sites excluding steroid dienone is 1. The largest absolute Gasteiger partial charge is 1.00 e. The first-order valence-electron chi connectivity index (χ1n) is 11.4. The number of nitriles is 1. The number of hydrazine groups is 1. The summed E-state index contributed by atoms with van der Waals surface area (Å²) in [6.45, 7) is 6.63. The van der Waals surface area contributed by atoms with E-state index in [4.69, 9.17) is 31.5 Å². The Balaban J connectivity index is 0. The van der Waals surface area contributed by atoms with Crippen LogP contribution in [0, 0.1) is 11.3 Å². The van der Waals surface area contributed by atoms with E-state index in [1.54, 1.807) is 57.4 Å². The molecule has 0 aliphatic heterocycles. The van der Waals surface area contributed by atoms with Crippen molar-refractivity contribution >= 4 is 29.5 Å². The van der Waals surface area contributed by atoms with Crippen LogP contribution in [-0.2, 0) is 19.1 Å². The Morgan fingerprint density at radius 3 is 2.08 bits per heavy atom. The van der Waals surface area contributed by atoms with Gasteiger partial charge < -0.3 is 30.5 Å². The molecule has 0 atom stereocenters. The molecule has 40 heavy (non-hydrogen) atoms. The number of esters is 2. The summed E-state index contributed by atoms with van der Waals surface area (Å²) in [5.74, 6) is 4.34. The summed E-state index contributed by atoms with van der Waals surface area (Å²) in [6, 6.07) is 12.6. The number of pyridine rings is 2. The van der Waals surface area contributed by atoms with Crippen molar-refractivity contribution < 1.29 is 58.5 Å². The molecule has 0 aliphatic carbocycles. The first kappa shape index (κ1) is 37.9. The third kappa shape index (κ3) is 15.8. The third-order valence-corrected chi connectivity index (χ3v) is 3.84. The van der Waals surface area contributed by atoms with E-state index in [2.05, 4.69) is 25.2 Å². The van der Waals surface area contributed by atoms with E-state index in [1.807, 2.05) is 18.2 Å². The fraction of sp³-hybridized carbons (Fsp3) is 0.240. The first-order chi connectivity index (χ1) is 18.6. The molecule has 3 aromatic rings. The topological polar surface area (TPSA) is 224 Å². The van der Waals surface area contributed by atoms with Gasteiger partial charge in [-0.05, 0) is 52.0 Å². The Kier molecular flexibility index (Phi) is 21.5. The van der Waals surface area contributed by atoms with Gasteiger partial charge in [-0.25, -0.2) is 30.1 Å². The van der Waals surface area contributed by atoms with Gasteiger partial charge in [0.15, 0.2) is 11.6 Å². The molecule has 0 saturated carbocycles. The van der Waals surface area contributed by atoms with E-state index in [9.17, 15) is 9.59 Å². The molecule has 0 saturated heterocycles. The second-order valence-corrected chi connectivity index (χ2v) is 6.67. The van der Waals surface area contributed by atoms with Crippen molar-refractivity contribution in [3.63, 3.8) is 0 Å². The number of nitrogen functional groups attached to an aromatic ring is 2. The fourth-order valence-electron chi connectivity index (χ4n) is 2.24. The van der Waals surface area contributed by atoms with Crippen LogP contribution in [0.4, 0.5) is 11.6 Å². The number of aromatic nitrogens is 4. The Morgan fingerprint density at radius 2 is 1.68 bits per heavy atom. The van der Waals surface area contributed by atoms with Gasteiger partial charge in [0.2, 0.25) is 0 Å². The summed E-state index contributed by atoms with van der Waals surface area (Å²) >= 11 is 0. The number of aliphatic carboxylic acids is 1. The van der Waals surface area contributed by atoms with Crippen LogP contribution in [0.5, 0.6) is 0 Å². The van der Waals surface area contributed by atoms with Crippen LogP contribution in [0.25, 0.3) is 5.82 Å². The van der Waals surface area contributed by atoms with Crippen LogP contribution in [0.2, 0.25) is 0 Å². The average molecular weight is 563 g/mol. The zero-order valence-corrected chi connectivity index (χ0v) is 25.0. The van der Waals surface area contributed by atoms with E-state index in [0.29, 0.717) is 24.8 Å². The van der Waals surface area contributed by atoms with Gasteiger partial charge in [0, 0.05) is 24.6 Å². The molecule has 3 aromatic heterocycles. The molecule has 14 nitrogen and oxygen atoms in total. The summed E-state index contributed by atoms with van der Waals surface area (Å²) in [6.07, 6.45) is 6.25. The number of carbonyl (C=O) groups is 3. The predicted octanol–water partition coefficient (Wildman–Crippen LogP) is -1.83. The minimum atomic E-state index is -1.08. The maximum Gasteiger partial charge on any atom is 1.00 e. The van der Waals surface area contributed by atoms with Gasteiger partial charge in [-0.1, -0.05) is 18.2 Å². The number of hydrogen-bond acceptors (Lipinski definition) is 13. The van der Waals surface area contributed by atoms with Gasteiger partial charge >= 0.3 is 41.5 Å². The number of nitrogens with zero attached hydrogens (tertiary/aromatic N) is 5. The third-order valence-electron chi connectivity index (χ3n) is 3.84. The number of nitrogens with two attached hydrogens (primary N) is 2. The molecule has 0 spiro atoms. The van der Waals surface area contributed by atoms with Crippen molar-refractivity contribution in [2.45, 2.75) is 27.7 Å². The summed E-state index contributed by atoms with van der Waals surface area (Å²) in [7, 11) is 0. The van der Waals surface area contributed by atoms with Crippen LogP contribution in [0.1, 0.15) is 38.1 Å². The van der Waals surface area contributed by atoms with Gasteiger partial charge in [0.05, 0.1) is 13.2 Å². The molecule has 0 radical (unpaired) electrons. The molecular weight excluding hydrogens is 531 g/mol. The van der Waals surface area contributed by atoms with Crippen LogP contribution in [0.15, 0.2) is 66.6 Å². The minimum Gasteiger partial charge on any atom is -0.550 e. The van der Waals surface area contributed by atoms with Crippen LogP contribution < -0.4 is 51.7 Å². The van der Waals surface area contributed by atoms with Crippen molar-refractivity contribution in [2.75, 3.05) is 24.4 Å². The quantitative estimate of drug-likeness (QED) is 0.0752. The van der Waals surface area contributed by atoms with Gasteiger partial charge in [-0.3, -0.25) is 0 Å². The molecule has 0 aromatic carbocycles. The van der Waals surface area contributed by atoms with E-state index in [1.165, 1.54) is 17.0 Å². The van der Waals surface area contributed by atoms with Crippen LogP contribution in [-0.4, -0.2) is 50.9 Å². The first-order valence-corrected chi connectivity index (χ1v) is 11.4. The maximum absolute atomic E-state index is 11.5. The van der Waals surface area contributed by atoms with E-state index < -0.39 is 17.9 Å². The predicted molar refractivity (Wildman–Crippen MR) is 140 cm³/mol. The van der Waals surface area contributed by atoms with Crippen molar-refractivity contribution in [1.29, 1.82) is 5.26 Å². The van der Waals surface area contributed by atoms with Gasteiger partial charge in [-0.2, -0.15) is 5.26 Å². The minimum absolute atomic E-state index is 0. The number of nitrogens with one attached hydrogen (secondary N) is 1. The Hall–Kier alpha value is -4.29. The normalized spacial score (nSPS) is 9.25. The molecule has 0 unspecified atom stereocenters. The van der Waals surface area contributed by atoms with Gasteiger partial charge in [-0.15, -0.1) is 5.10 Å². The number of anilines is 2. The molecule has 0 aliphatic rings. The molecule has 5 N–H and O–H groups in total. The van der Waals surface area contributed by atoms with Crippen LogP contribution in [0.3, 0.4) is 0 Å². The fourth-order valence-corrected chi connectivity index (χ4v) is 2.24. The molecular formula is C25H31N8NaO6. The Bertz CT molecular complexity index is 1230. The monoisotopic (exact) mass is 562 g/mol. The molecule has 3 rings (SSSR count). The van der Waals surface area contributed by atoms with Crippen molar-refractivity contribution in [3.8, 4) is 11.9 Å². The Labute approximate surface area is 254 Å². The number of rotatable bonds is 6. The number of carbonyl (C=O) groups excluding carboxylic acids is 3. The average Bonchev–Trinajstić information content (AvgIpc) is 3.33. The standard InChI is InChI=1S/C11H12N4O2.C7H9NO2.C5H7N3.C2H4O2.Na/c1-2-17-11(16)8-7-15(14-10(8)12)9-5-3-4-6-13-9;1-3-6(5-8)7(9)10-4-2;6-8-5-3-1-2-4-7-5;1-2(3)4;/h3-7H,2H2,1H3,(H2,12,14);3H,4H2,1-2H3;1-4H,6H2,(H,7,8);1H3,(H,3,4);/q;;;;+1/p-1/b;6-3+;;;. The van der Waals surface area contributed by atoms with Crippen molar-refractivity contribution in [1.82, 2.24) is 19.7 Å². The number of carboxylic acid groups (broad SMARTS) is 1. The maximum atomic E-state index is 11.5. The van der Waals surface area contributed by atoms with Gasteiger partial charge in [0.1, 0.15) is 23.0 Å². The Morgan fingerprint density at radius 1 is 1.10 bits per heavy atom. The van der Waals surface area contributed by atoms with E-state index in [-0.39, 0.29) is 46.5 Å².